The minimum absolute atomic E-state index is 0.740. The van der Waals surface area contributed by atoms with E-state index in [-0.39, 0.29) is 0 Å². The fraction of sp³-hybridized carbons (Fsp3) is 0.429. The summed E-state index contributed by atoms with van der Waals surface area (Å²) in [7, 11) is 1.99. The second-order valence-corrected chi connectivity index (χ2v) is 6.97. The van der Waals surface area contributed by atoms with Crippen molar-refractivity contribution in [2.24, 2.45) is 7.05 Å². The van der Waals surface area contributed by atoms with E-state index >= 15 is 0 Å². The first-order valence-electron chi connectivity index (χ1n) is 6.69. The Hall–Kier alpha value is -0.850. The summed E-state index contributed by atoms with van der Waals surface area (Å²) in [4.78, 5) is 1.16. The standard InChI is InChI=1S/C14H17BrN4S/c1-9-17-18-14(19(9)2)20-13-6-3-10(7-12(13)15)8-16-11-4-5-11/h3,6-7,11,16H,4-5,8H2,1-2H3. The Morgan fingerprint density at radius 1 is 1.40 bits per heavy atom. The van der Waals surface area contributed by atoms with Gasteiger partial charge in [-0.2, -0.15) is 0 Å². The van der Waals surface area contributed by atoms with Crippen molar-refractivity contribution in [1.82, 2.24) is 20.1 Å². The first kappa shape index (κ1) is 14.1. The van der Waals surface area contributed by atoms with Gasteiger partial charge in [0.25, 0.3) is 0 Å². The summed E-state index contributed by atoms with van der Waals surface area (Å²) in [6.07, 6.45) is 2.64. The molecule has 1 aromatic carbocycles. The van der Waals surface area contributed by atoms with Gasteiger partial charge in [-0.25, -0.2) is 0 Å². The maximum absolute atomic E-state index is 4.18. The maximum atomic E-state index is 4.18. The molecule has 2 aromatic rings. The van der Waals surface area contributed by atoms with Gasteiger partial charge >= 0.3 is 0 Å². The average Bonchev–Trinajstić information content (AvgIpc) is 3.21. The molecule has 4 nitrogen and oxygen atoms in total. The van der Waals surface area contributed by atoms with Gasteiger partial charge in [-0.3, -0.25) is 0 Å². The smallest absolute Gasteiger partial charge is 0.195 e. The first-order chi connectivity index (χ1) is 9.63. The summed E-state index contributed by atoms with van der Waals surface area (Å²) < 4.78 is 3.11. The van der Waals surface area contributed by atoms with E-state index in [1.165, 1.54) is 18.4 Å². The molecule has 1 aliphatic rings. The van der Waals surface area contributed by atoms with Gasteiger partial charge in [0.1, 0.15) is 5.82 Å². The van der Waals surface area contributed by atoms with Crippen LogP contribution in [0, 0.1) is 6.92 Å². The molecule has 20 heavy (non-hydrogen) atoms. The quantitative estimate of drug-likeness (QED) is 0.896. The van der Waals surface area contributed by atoms with Crippen molar-refractivity contribution in [2.45, 2.75) is 42.4 Å². The van der Waals surface area contributed by atoms with Crippen LogP contribution in [0.1, 0.15) is 24.2 Å². The van der Waals surface area contributed by atoms with Crippen molar-refractivity contribution in [3.8, 4) is 0 Å². The summed E-state index contributed by atoms with van der Waals surface area (Å²) in [5.74, 6) is 0.925. The van der Waals surface area contributed by atoms with Crippen LogP contribution in [0.2, 0.25) is 0 Å². The molecule has 1 fully saturated rings. The molecular weight excluding hydrogens is 336 g/mol. The largest absolute Gasteiger partial charge is 0.310 e. The minimum atomic E-state index is 0.740. The Morgan fingerprint density at radius 2 is 2.20 bits per heavy atom. The van der Waals surface area contributed by atoms with Gasteiger partial charge in [-0.15, -0.1) is 10.2 Å². The maximum Gasteiger partial charge on any atom is 0.195 e. The lowest BCUT2D eigenvalue weighted by atomic mass is 10.2. The number of benzene rings is 1. The second kappa shape index (κ2) is 5.87. The molecule has 6 heteroatoms. The lowest BCUT2D eigenvalue weighted by Crippen LogP contribution is -2.15. The Morgan fingerprint density at radius 3 is 2.80 bits per heavy atom. The highest BCUT2D eigenvalue weighted by Gasteiger charge is 2.20. The van der Waals surface area contributed by atoms with E-state index in [2.05, 4.69) is 49.6 Å². The number of halogens is 1. The molecular formula is C14H17BrN4S. The molecule has 3 rings (SSSR count). The van der Waals surface area contributed by atoms with E-state index in [1.807, 2.05) is 18.5 Å². The number of nitrogens with zero attached hydrogens (tertiary/aromatic N) is 3. The van der Waals surface area contributed by atoms with Crippen LogP contribution in [0.4, 0.5) is 0 Å². The third kappa shape index (κ3) is 3.24. The highest BCUT2D eigenvalue weighted by atomic mass is 79.9. The number of nitrogens with one attached hydrogen (secondary N) is 1. The molecule has 1 heterocycles. The molecule has 1 N–H and O–H groups in total. The van der Waals surface area contributed by atoms with Gasteiger partial charge in [0, 0.05) is 29.0 Å². The van der Waals surface area contributed by atoms with Gasteiger partial charge in [0.05, 0.1) is 0 Å². The Balaban J connectivity index is 1.71. The zero-order valence-corrected chi connectivity index (χ0v) is 14.0. The number of hydrogen-bond acceptors (Lipinski definition) is 4. The molecule has 0 atom stereocenters. The molecule has 106 valence electrons. The van der Waals surface area contributed by atoms with Crippen molar-refractivity contribution in [1.29, 1.82) is 0 Å². The Kier molecular flexibility index (Phi) is 4.14. The predicted octanol–water partition coefficient (Wildman–Crippen LogP) is 3.29. The molecule has 0 unspecified atom stereocenters. The number of aryl methyl sites for hydroxylation is 1. The SMILES string of the molecule is Cc1nnc(Sc2ccc(CNC3CC3)cc2Br)n1C. The van der Waals surface area contributed by atoms with E-state index in [0.29, 0.717) is 0 Å². The number of rotatable bonds is 5. The molecule has 0 bridgehead atoms. The zero-order valence-electron chi connectivity index (χ0n) is 11.6. The summed E-state index contributed by atoms with van der Waals surface area (Å²) in [6.45, 7) is 2.90. The second-order valence-electron chi connectivity index (χ2n) is 5.11. The monoisotopic (exact) mass is 352 g/mol. The van der Waals surface area contributed by atoms with Gasteiger partial charge in [0.15, 0.2) is 5.16 Å². The van der Waals surface area contributed by atoms with Crippen molar-refractivity contribution in [3.05, 3.63) is 34.1 Å². The number of hydrogen-bond donors (Lipinski definition) is 1. The molecule has 0 radical (unpaired) electrons. The van der Waals surface area contributed by atoms with Crippen molar-refractivity contribution >= 4 is 27.7 Å². The topological polar surface area (TPSA) is 42.7 Å². The fourth-order valence-electron chi connectivity index (χ4n) is 1.86. The molecule has 1 saturated carbocycles. The van der Waals surface area contributed by atoms with E-state index in [0.717, 1.165) is 32.9 Å². The summed E-state index contributed by atoms with van der Waals surface area (Å²) in [5, 5.41) is 12.7. The van der Waals surface area contributed by atoms with Crippen LogP contribution in [0.25, 0.3) is 0 Å². The third-order valence-electron chi connectivity index (χ3n) is 3.42. The van der Waals surface area contributed by atoms with E-state index in [9.17, 15) is 0 Å². The molecule has 0 spiro atoms. The van der Waals surface area contributed by atoms with Crippen LogP contribution in [-0.2, 0) is 13.6 Å². The minimum Gasteiger partial charge on any atom is -0.310 e. The molecule has 0 saturated heterocycles. The van der Waals surface area contributed by atoms with Crippen LogP contribution in [0.5, 0.6) is 0 Å². The lowest BCUT2D eigenvalue weighted by Gasteiger charge is -2.08. The molecule has 1 aliphatic carbocycles. The molecule has 0 amide bonds. The summed E-state index contributed by atoms with van der Waals surface area (Å²) in [6, 6.07) is 7.24. The van der Waals surface area contributed by atoms with E-state index in [4.69, 9.17) is 0 Å². The van der Waals surface area contributed by atoms with Crippen LogP contribution in [-0.4, -0.2) is 20.8 Å². The fourth-order valence-corrected chi connectivity index (χ4v) is 3.37. The Bertz CT molecular complexity index is 622. The van der Waals surface area contributed by atoms with Crippen molar-refractivity contribution in [2.75, 3.05) is 0 Å². The normalized spacial score (nSPS) is 14.8. The van der Waals surface area contributed by atoms with Crippen molar-refractivity contribution < 1.29 is 0 Å². The van der Waals surface area contributed by atoms with E-state index in [1.54, 1.807) is 11.8 Å². The summed E-state index contributed by atoms with van der Waals surface area (Å²) in [5.41, 5.74) is 1.31. The van der Waals surface area contributed by atoms with Crippen LogP contribution < -0.4 is 5.32 Å². The third-order valence-corrected chi connectivity index (χ3v) is 5.45. The van der Waals surface area contributed by atoms with Crippen molar-refractivity contribution in [3.63, 3.8) is 0 Å². The number of aromatic nitrogens is 3. The van der Waals surface area contributed by atoms with Gasteiger partial charge in [-0.1, -0.05) is 6.07 Å². The van der Waals surface area contributed by atoms with Crippen LogP contribution >= 0.6 is 27.7 Å². The van der Waals surface area contributed by atoms with Gasteiger partial charge in [0.2, 0.25) is 0 Å². The average molecular weight is 353 g/mol. The highest BCUT2D eigenvalue weighted by molar-refractivity contribution is 9.10. The van der Waals surface area contributed by atoms with Gasteiger partial charge < -0.3 is 9.88 Å². The summed E-state index contributed by atoms with van der Waals surface area (Å²) >= 11 is 5.28. The molecule has 1 aromatic heterocycles. The van der Waals surface area contributed by atoms with Crippen LogP contribution in [0.3, 0.4) is 0 Å². The highest BCUT2D eigenvalue weighted by Crippen LogP contribution is 2.33. The Labute approximate surface area is 131 Å². The van der Waals surface area contributed by atoms with E-state index < -0.39 is 0 Å². The first-order valence-corrected chi connectivity index (χ1v) is 8.30. The lowest BCUT2D eigenvalue weighted by molar-refractivity contribution is 0.687. The zero-order chi connectivity index (χ0) is 14.1. The van der Waals surface area contributed by atoms with Crippen LogP contribution in [0.15, 0.2) is 32.7 Å². The predicted molar refractivity (Wildman–Crippen MR) is 83.9 cm³/mol. The molecule has 0 aliphatic heterocycles. The van der Waals surface area contributed by atoms with Gasteiger partial charge in [-0.05, 0) is 65.2 Å².